The van der Waals surface area contributed by atoms with E-state index in [1.54, 1.807) is 7.11 Å². The number of ether oxygens (including phenoxy) is 1. The van der Waals surface area contributed by atoms with Gasteiger partial charge in [0.15, 0.2) is 0 Å². The van der Waals surface area contributed by atoms with E-state index in [2.05, 4.69) is 29.8 Å². The Morgan fingerprint density at radius 3 is 2.73 bits per heavy atom. The molecule has 0 spiro atoms. The van der Waals surface area contributed by atoms with Crippen LogP contribution in [0.4, 0.5) is 0 Å². The molecular weight excluding hydrogens is 256 g/mol. The van der Waals surface area contributed by atoms with Gasteiger partial charge < -0.3 is 9.84 Å². The van der Waals surface area contributed by atoms with E-state index < -0.39 is 0 Å². The van der Waals surface area contributed by atoms with Crippen LogP contribution in [0.1, 0.15) is 37.5 Å². The Morgan fingerprint density at radius 1 is 1.47 bits per heavy atom. The van der Waals surface area contributed by atoms with Gasteiger partial charge >= 0.3 is 0 Å². The molecule has 0 heterocycles. The van der Waals surface area contributed by atoms with E-state index in [1.165, 1.54) is 5.56 Å². The summed E-state index contributed by atoms with van der Waals surface area (Å²) in [5, 5.41) is 9.98. The summed E-state index contributed by atoms with van der Waals surface area (Å²) in [7, 11) is 1.64. The van der Waals surface area contributed by atoms with E-state index in [1.807, 2.05) is 12.1 Å². The average molecular weight is 271 g/mol. The monoisotopic (exact) mass is 270 g/mol. The molecule has 1 atom stereocenters. The molecule has 2 nitrogen and oxygen atoms in total. The predicted octanol–water partition coefficient (Wildman–Crippen LogP) is 3.17. The van der Waals surface area contributed by atoms with Crippen LogP contribution in [-0.4, -0.2) is 12.2 Å². The van der Waals surface area contributed by atoms with Crippen LogP contribution in [0.5, 0.6) is 5.75 Å². The van der Waals surface area contributed by atoms with Crippen LogP contribution < -0.4 is 4.74 Å². The van der Waals surface area contributed by atoms with Gasteiger partial charge in [-0.3, -0.25) is 0 Å². The van der Waals surface area contributed by atoms with E-state index >= 15 is 0 Å². The molecule has 0 unspecified atom stereocenters. The first-order valence-corrected chi connectivity index (χ1v) is 5.81. The largest absolute Gasteiger partial charge is 0.497 e. The van der Waals surface area contributed by atoms with Crippen molar-refractivity contribution in [2.24, 2.45) is 0 Å². The van der Waals surface area contributed by atoms with Crippen molar-refractivity contribution in [1.82, 2.24) is 0 Å². The number of hydrogen-bond acceptors (Lipinski definition) is 2. The third-order valence-corrected chi connectivity index (χ3v) is 3.69. The van der Waals surface area contributed by atoms with Gasteiger partial charge in [0.25, 0.3) is 0 Å². The minimum absolute atomic E-state index is 0.0276. The van der Waals surface area contributed by atoms with Gasteiger partial charge in [0.05, 0.1) is 13.2 Å². The van der Waals surface area contributed by atoms with Crippen LogP contribution >= 0.6 is 15.9 Å². The lowest BCUT2D eigenvalue weighted by Crippen LogP contribution is -2.13. The molecule has 0 bridgehead atoms. The number of benzene rings is 1. The smallest absolute Gasteiger partial charge is 0.120 e. The minimum Gasteiger partial charge on any atom is -0.497 e. The van der Waals surface area contributed by atoms with Crippen molar-refractivity contribution in [2.45, 2.75) is 31.8 Å². The van der Waals surface area contributed by atoms with Crippen molar-refractivity contribution in [3.8, 4) is 5.75 Å². The first-order valence-electron chi connectivity index (χ1n) is 5.01. The normalized spacial score (nSPS) is 22.6. The summed E-state index contributed by atoms with van der Waals surface area (Å²) in [5.74, 6) is 0.789. The van der Waals surface area contributed by atoms with Gasteiger partial charge in [0.1, 0.15) is 5.75 Å². The molecule has 3 heteroatoms. The highest BCUT2D eigenvalue weighted by Gasteiger charge is 2.37. The standard InChI is InChI=1S/C12H15BrO2/c1-12(2)6-10(14)8-4-7(15-3)5-9(13)11(8)12/h4-5,10,14H,6H2,1-3H3/t10-/m1/s1. The number of aliphatic hydroxyl groups excluding tert-OH is 1. The molecule has 0 aromatic heterocycles. The van der Waals surface area contributed by atoms with E-state index in [9.17, 15) is 5.11 Å². The lowest BCUT2D eigenvalue weighted by atomic mass is 9.86. The second-order valence-electron chi connectivity index (χ2n) is 4.68. The quantitative estimate of drug-likeness (QED) is 0.850. The number of hydrogen-bond donors (Lipinski definition) is 1. The summed E-state index contributed by atoms with van der Waals surface area (Å²) in [6.45, 7) is 4.30. The van der Waals surface area contributed by atoms with Gasteiger partial charge in [-0.05, 0) is 35.1 Å². The number of rotatable bonds is 1. The van der Waals surface area contributed by atoms with E-state index in [0.29, 0.717) is 0 Å². The number of halogens is 1. The maximum atomic E-state index is 9.98. The first kappa shape index (κ1) is 11.0. The zero-order valence-corrected chi connectivity index (χ0v) is 10.8. The van der Waals surface area contributed by atoms with Crippen LogP contribution in [0, 0.1) is 0 Å². The van der Waals surface area contributed by atoms with Crippen molar-refractivity contribution in [2.75, 3.05) is 7.11 Å². The van der Waals surface area contributed by atoms with Crippen molar-refractivity contribution in [3.05, 3.63) is 27.7 Å². The Morgan fingerprint density at radius 2 is 2.13 bits per heavy atom. The SMILES string of the molecule is COc1cc(Br)c2c(c1)[C@H](O)CC2(C)C. The number of aliphatic hydroxyl groups is 1. The second kappa shape index (κ2) is 3.49. The fourth-order valence-corrected chi connectivity index (χ4v) is 3.38. The Labute approximate surface area is 98.4 Å². The van der Waals surface area contributed by atoms with Gasteiger partial charge in [-0.2, -0.15) is 0 Å². The summed E-state index contributed by atoms with van der Waals surface area (Å²) in [4.78, 5) is 0. The third-order valence-electron chi connectivity index (χ3n) is 3.07. The average Bonchev–Trinajstić information content (AvgIpc) is 2.37. The Kier molecular flexibility index (Phi) is 2.55. The minimum atomic E-state index is -0.374. The third kappa shape index (κ3) is 1.68. The topological polar surface area (TPSA) is 29.5 Å². The molecule has 82 valence electrons. The highest BCUT2D eigenvalue weighted by atomic mass is 79.9. The number of fused-ring (bicyclic) bond motifs is 1. The van der Waals surface area contributed by atoms with Crippen molar-refractivity contribution in [3.63, 3.8) is 0 Å². The van der Waals surface area contributed by atoms with Crippen molar-refractivity contribution < 1.29 is 9.84 Å². The fraction of sp³-hybridized carbons (Fsp3) is 0.500. The van der Waals surface area contributed by atoms with Crippen LogP contribution in [0.25, 0.3) is 0 Å². The molecule has 1 aliphatic carbocycles. The van der Waals surface area contributed by atoms with Gasteiger partial charge in [-0.15, -0.1) is 0 Å². The van der Waals surface area contributed by atoms with Crippen LogP contribution in [0.2, 0.25) is 0 Å². The zero-order valence-electron chi connectivity index (χ0n) is 9.17. The van der Waals surface area contributed by atoms with Crippen LogP contribution in [0.15, 0.2) is 16.6 Å². The van der Waals surface area contributed by atoms with Crippen LogP contribution in [-0.2, 0) is 5.41 Å². The lowest BCUT2D eigenvalue weighted by Gasteiger charge is -2.20. The van der Waals surface area contributed by atoms with Gasteiger partial charge in [-0.1, -0.05) is 29.8 Å². The van der Waals surface area contributed by atoms with Gasteiger partial charge in [-0.25, -0.2) is 0 Å². The molecular formula is C12H15BrO2. The molecule has 0 fully saturated rings. The highest BCUT2D eigenvalue weighted by molar-refractivity contribution is 9.10. The Hall–Kier alpha value is -0.540. The molecule has 0 saturated carbocycles. The first-order chi connectivity index (χ1) is 6.95. The molecule has 2 rings (SSSR count). The van der Waals surface area contributed by atoms with Crippen molar-refractivity contribution in [1.29, 1.82) is 0 Å². The van der Waals surface area contributed by atoms with E-state index in [-0.39, 0.29) is 11.5 Å². The molecule has 0 amide bonds. The second-order valence-corrected chi connectivity index (χ2v) is 5.53. The van der Waals surface area contributed by atoms with Crippen LogP contribution in [0.3, 0.4) is 0 Å². The van der Waals surface area contributed by atoms with E-state index in [0.717, 1.165) is 22.2 Å². The fourth-order valence-electron chi connectivity index (χ4n) is 2.39. The molecule has 0 radical (unpaired) electrons. The molecule has 1 aromatic rings. The summed E-state index contributed by atoms with van der Waals surface area (Å²) in [5.41, 5.74) is 2.22. The zero-order chi connectivity index (χ0) is 11.2. The van der Waals surface area contributed by atoms with Gasteiger partial charge in [0, 0.05) is 4.47 Å². The molecule has 0 saturated heterocycles. The Bertz CT molecular complexity index is 399. The van der Waals surface area contributed by atoms with Gasteiger partial charge in [0.2, 0.25) is 0 Å². The molecule has 1 aliphatic rings. The molecule has 0 aliphatic heterocycles. The summed E-state index contributed by atoms with van der Waals surface area (Å²) in [6, 6.07) is 3.89. The van der Waals surface area contributed by atoms with Crippen molar-refractivity contribution >= 4 is 15.9 Å². The maximum Gasteiger partial charge on any atom is 0.120 e. The lowest BCUT2D eigenvalue weighted by molar-refractivity contribution is 0.161. The molecule has 15 heavy (non-hydrogen) atoms. The molecule has 1 N–H and O–H groups in total. The van der Waals surface area contributed by atoms with E-state index in [4.69, 9.17) is 4.74 Å². The predicted molar refractivity (Wildman–Crippen MR) is 63.3 cm³/mol. The number of methoxy groups -OCH3 is 1. The Balaban J connectivity index is 2.63. The summed E-state index contributed by atoms with van der Waals surface area (Å²) in [6.07, 6.45) is 0.398. The highest BCUT2D eigenvalue weighted by Crippen LogP contribution is 2.48. The summed E-state index contributed by atoms with van der Waals surface area (Å²) < 4.78 is 6.22. The molecule has 1 aromatic carbocycles. The maximum absolute atomic E-state index is 9.98. The summed E-state index contributed by atoms with van der Waals surface area (Å²) >= 11 is 3.55.